The Morgan fingerprint density at radius 3 is 2.64 bits per heavy atom. The predicted molar refractivity (Wildman–Crippen MR) is 108 cm³/mol. The topological polar surface area (TPSA) is 40.2 Å². The zero-order valence-electron chi connectivity index (χ0n) is 16.4. The van der Waals surface area contributed by atoms with Gasteiger partial charge in [-0.3, -0.25) is 0 Å². The van der Waals surface area contributed by atoms with E-state index in [4.69, 9.17) is 18.9 Å². The summed E-state index contributed by atoms with van der Waals surface area (Å²) < 4.78 is 22.5. The summed E-state index contributed by atoms with van der Waals surface area (Å²) in [6.07, 6.45) is 3.17. The van der Waals surface area contributed by atoms with E-state index in [1.165, 1.54) is 16.8 Å². The molecule has 0 aromatic heterocycles. The number of rotatable bonds is 3. The minimum Gasteiger partial charge on any atom is -0.493 e. The number of methoxy groups -OCH3 is 2. The van der Waals surface area contributed by atoms with Crippen LogP contribution in [0.4, 0.5) is 0 Å². The van der Waals surface area contributed by atoms with Crippen LogP contribution < -0.4 is 18.9 Å². The average molecular weight is 377 g/mol. The third-order valence-electron chi connectivity index (χ3n) is 5.77. The van der Waals surface area contributed by atoms with Crippen LogP contribution in [-0.2, 0) is 6.42 Å². The summed E-state index contributed by atoms with van der Waals surface area (Å²) >= 11 is 0. The van der Waals surface area contributed by atoms with Crippen LogP contribution in [0.15, 0.2) is 36.4 Å². The minimum absolute atomic E-state index is 0.0265. The largest absolute Gasteiger partial charge is 0.493 e. The molecule has 0 spiro atoms. The van der Waals surface area contributed by atoms with Crippen LogP contribution in [0.2, 0.25) is 0 Å². The van der Waals surface area contributed by atoms with Gasteiger partial charge in [-0.2, -0.15) is 0 Å². The van der Waals surface area contributed by atoms with Crippen molar-refractivity contribution in [3.8, 4) is 23.0 Å². The fraction of sp³-hybridized carbons (Fsp3) is 0.304. The van der Waals surface area contributed by atoms with Crippen LogP contribution in [0, 0.1) is 0 Å². The first-order chi connectivity index (χ1) is 13.6. The molecule has 0 fully saturated rings. The fourth-order valence-electron chi connectivity index (χ4n) is 4.56. The third-order valence-corrected chi connectivity index (χ3v) is 5.77. The van der Waals surface area contributed by atoms with Crippen LogP contribution in [0.3, 0.4) is 0 Å². The van der Waals surface area contributed by atoms with Crippen molar-refractivity contribution in [1.29, 1.82) is 0 Å². The standard InChI is InChI=1S/C23H23NO4/c1-13(2)22-21-15(5-6-18(25-3)23(21)26-4)9-17-16-11-20-19(27-12-28-20)10-14(16)7-8-24(17)22/h5-6,9-11,22H,1,7-8,12H2,2-4H3. The molecule has 0 bridgehead atoms. The van der Waals surface area contributed by atoms with Crippen molar-refractivity contribution in [3.63, 3.8) is 0 Å². The molecule has 1 atom stereocenters. The van der Waals surface area contributed by atoms with Gasteiger partial charge in [-0.15, -0.1) is 0 Å². The molecule has 0 N–H and O–H groups in total. The summed E-state index contributed by atoms with van der Waals surface area (Å²) in [6.45, 7) is 7.56. The van der Waals surface area contributed by atoms with Gasteiger partial charge in [0.05, 0.1) is 20.3 Å². The summed E-state index contributed by atoms with van der Waals surface area (Å²) in [5.41, 5.74) is 6.98. The van der Waals surface area contributed by atoms with Gasteiger partial charge in [-0.25, -0.2) is 0 Å². The van der Waals surface area contributed by atoms with Gasteiger partial charge in [-0.1, -0.05) is 18.2 Å². The van der Waals surface area contributed by atoms with E-state index in [9.17, 15) is 0 Å². The maximum atomic E-state index is 5.77. The van der Waals surface area contributed by atoms with Crippen LogP contribution in [-0.4, -0.2) is 32.5 Å². The van der Waals surface area contributed by atoms with Gasteiger partial charge < -0.3 is 23.8 Å². The molecule has 5 nitrogen and oxygen atoms in total. The fourth-order valence-corrected chi connectivity index (χ4v) is 4.56. The summed E-state index contributed by atoms with van der Waals surface area (Å²) in [6, 6.07) is 8.31. The summed E-state index contributed by atoms with van der Waals surface area (Å²) in [5.74, 6) is 3.17. The molecule has 0 aliphatic carbocycles. The van der Waals surface area contributed by atoms with Crippen molar-refractivity contribution in [2.24, 2.45) is 0 Å². The molecule has 144 valence electrons. The second-order valence-corrected chi connectivity index (χ2v) is 7.39. The Morgan fingerprint density at radius 2 is 1.93 bits per heavy atom. The van der Waals surface area contributed by atoms with Crippen molar-refractivity contribution in [2.75, 3.05) is 27.6 Å². The molecule has 28 heavy (non-hydrogen) atoms. The quantitative estimate of drug-likeness (QED) is 0.741. The average Bonchev–Trinajstić information content (AvgIpc) is 3.16. The van der Waals surface area contributed by atoms with E-state index in [1.54, 1.807) is 14.2 Å². The highest BCUT2D eigenvalue weighted by Crippen LogP contribution is 2.51. The van der Waals surface area contributed by atoms with E-state index in [2.05, 4.69) is 42.7 Å². The summed E-state index contributed by atoms with van der Waals surface area (Å²) in [4.78, 5) is 2.41. The Morgan fingerprint density at radius 1 is 1.14 bits per heavy atom. The molecule has 5 heteroatoms. The second-order valence-electron chi connectivity index (χ2n) is 7.39. The third kappa shape index (κ3) is 2.32. The molecule has 2 aromatic rings. The summed E-state index contributed by atoms with van der Waals surface area (Å²) in [5, 5.41) is 0. The molecule has 0 saturated heterocycles. The zero-order valence-corrected chi connectivity index (χ0v) is 16.4. The molecule has 0 saturated carbocycles. The van der Waals surface area contributed by atoms with Crippen molar-refractivity contribution in [3.05, 3.63) is 58.7 Å². The molecule has 1 unspecified atom stereocenters. The molecule has 0 radical (unpaired) electrons. The van der Waals surface area contributed by atoms with Crippen LogP contribution >= 0.6 is 0 Å². The number of fused-ring (bicyclic) bond motifs is 5. The van der Waals surface area contributed by atoms with E-state index >= 15 is 0 Å². The molecule has 5 rings (SSSR count). The molecule has 3 heterocycles. The van der Waals surface area contributed by atoms with Gasteiger partial charge in [0.15, 0.2) is 23.0 Å². The first-order valence-electron chi connectivity index (χ1n) is 9.44. The monoisotopic (exact) mass is 377 g/mol. The van der Waals surface area contributed by atoms with Gasteiger partial charge in [-0.05, 0) is 48.7 Å². The van der Waals surface area contributed by atoms with E-state index < -0.39 is 0 Å². The van der Waals surface area contributed by atoms with Crippen molar-refractivity contribution >= 4 is 11.8 Å². The lowest BCUT2D eigenvalue weighted by Gasteiger charge is -2.43. The first kappa shape index (κ1) is 17.0. The number of ether oxygens (including phenoxy) is 4. The SMILES string of the molecule is C=C(C)C1c2c(ccc(OC)c2OC)C=C2c3cc4c(cc3CCN21)OCO4. The first-order valence-corrected chi connectivity index (χ1v) is 9.44. The van der Waals surface area contributed by atoms with Gasteiger partial charge in [0, 0.05) is 23.4 Å². The highest BCUT2D eigenvalue weighted by Gasteiger charge is 2.37. The van der Waals surface area contributed by atoms with Crippen molar-refractivity contribution in [2.45, 2.75) is 19.4 Å². The van der Waals surface area contributed by atoms with Gasteiger partial charge in [0.2, 0.25) is 6.79 Å². The molecule has 3 aliphatic rings. The maximum Gasteiger partial charge on any atom is 0.231 e. The number of benzene rings is 2. The highest BCUT2D eigenvalue weighted by molar-refractivity contribution is 5.88. The molecule has 3 aliphatic heterocycles. The Hall–Kier alpha value is -3.08. The maximum absolute atomic E-state index is 5.77. The summed E-state index contributed by atoms with van der Waals surface area (Å²) in [7, 11) is 3.36. The zero-order chi connectivity index (χ0) is 19.4. The van der Waals surface area contributed by atoms with Gasteiger partial charge >= 0.3 is 0 Å². The predicted octanol–water partition coefficient (Wildman–Crippen LogP) is 4.42. The lowest BCUT2D eigenvalue weighted by Crippen LogP contribution is -2.36. The lowest BCUT2D eigenvalue weighted by atomic mass is 9.84. The van der Waals surface area contributed by atoms with Crippen LogP contribution in [0.5, 0.6) is 23.0 Å². The Labute approximate surface area is 164 Å². The van der Waals surface area contributed by atoms with Crippen LogP contribution in [0.1, 0.15) is 35.2 Å². The normalized spacial score (nSPS) is 18.6. The minimum atomic E-state index is 0.0265. The smallest absolute Gasteiger partial charge is 0.231 e. The van der Waals surface area contributed by atoms with Crippen molar-refractivity contribution in [1.82, 2.24) is 4.90 Å². The van der Waals surface area contributed by atoms with Gasteiger partial charge in [0.25, 0.3) is 0 Å². The van der Waals surface area contributed by atoms with E-state index in [1.807, 2.05) is 6.07 Å². The number of hydrogen-bond acceptors (Lipinski definition) is 5. The van der Waals surface area contributed by atoms with E-state index in [0.717, 1.165) is 52.7 Å². The lowest BCUT2D eigenvalue weighted by molar-refractivity contribution is 0.174. The van der Waals surface area contributed by atoms with Gasteiger partial charge in [0.1, 0.15) is 0 Å². The Balaban J connectivity index is 1.74. The molecule has 2 aromatic carbocycles. The van der Waals surface area contributed by atoms with Crippen molar-refractivity contribution < 1.29 is 18.9 Å². The van der Waals surface area contributed by atoms with E-state index in [-0.39, 0.29) is 12.8 Å². The number of nitrogens with zero attached hydrogens (tertiary/aromatic N) is 1. The Bertz CT molecular complexity index is 1020. The second kappa shape index (κ2) is 6.23. The highest BCUT2D eigenvalue weighted by atomic mass is 16.7. The molecular weight excluding hydrogens is 354 g/mol. The number of hydrogen-bond donors (Lipinski definition) is 0. The van der Waals surface area contributed by atoms with Crippen LogP contribution in [0.25, 0.3) is 11.8 Å². The molecular formula is C23H23NO4. The molecule has 0 amide bonds. The Kier molecular flexibility index (Phi) is 3.79. The van der Waals surface area contributed by atoms with E-state index in [0.29, 0.717) is 0 Å².